The van der Waals surface area contributed by atoms with E-state index < -0.39 is 0 Å². The van der Waals surface area contributed by atoms with Crippen LogP contribution in [0.25, 0.3) is 0 Å². The lowest BCUT2D eigenvalue weighted by Crippen LogP contribution is -2.42. The van der Waals surface area contributed by atoms with Gasteiger partial charge in [0.25, 0.3) is 0 Å². The first-order valence-electron chi connectivity index (χ1n) is 5.72. The highest BCUT2D eigenvalue weighted by atomic mass is 32.1. The molecule has 1 atom stereocenters. The van der Waals surface area contributed by atoms with Gasteiger partial charge in [0.1, 0.15) is 6.04 Å². The summed E-state index contributed by atoms with van der Waals surface area (Å²) in [4.78, 5) is 19.2. The quantitative estimate of drug-likeness (QED) is 0.811. The lowest BCUT2D eigenvalue weighted by molar-refractivity contribution is -0.130. The fraction of sp³-hybridized carbons (Fsp3) is 0.500. The van der Waals surface area contributed by atoms with Crippen LogP contribution in [0.1, 0.15) is 10.6 Å². The summed E-state index contributed by atoms with van der Waals surface area (Å²) in [6.45, 7) is 3.54. The van der Waals surface area contributed by atoms with Gasteiger partial charge in [0.15, 0.2) is 0 Å². The molecule has 1 N–H and O–H groups in total. The molecule has 1 aliphatic heterocycles. The van der Waals surface area contributed by atoms with Gasteiger partial charge in [-0.05, 0) is 6.92 Å². The zero-order chi connectivity index (χ0) is 12.3. The molecular formula is C12H17N3OS. The van der Waals surface area contributed by atoms with Crippen molar-refractivity contribution in [2.24, 2.45) is 0 Å². The SMILES string of the molecule is Cc1ncsc1CCN(C)C(=O)C1C=CCN1. The topological polar surface area (TPSA) is 45.2 Å². The second-order valence-corrected chi connectivity index (χ2v) is 5.12. The largest absolute Gasteiger partial charge is 0.344 e. The molecule has 0 aromatic carbocycles. The van der Waals surface area contributed by atoms with Gasteiger partial charge in [0, 0.05) is 31.4 Å². The molecule has 17 heavy (non-hydrogen) atoms. The molecule has 1 aromatic heterocycles. The van der Waals surface area contributed by atoms with Crippen molar-refractivity contribution in [2.45, 2.75) is 19.4 Å². The highest BCUT2D eigenvalue weighted by molar-refractivity contribution is 7.09. The zero-order valence-corrected chi connectivity index (χ0v) is 11.0. The lowest BCUT2D eigenvalue weighted by atomic mass is 10.2. The molecule has 0 saturated carbocycles. The van der Waals surface area contributed by atoms with Crippen molar-refractivity contribution in [2.75, 3.05) is 20.1 Å². The van der Waals surface area contributed by atoms with E-state index in [0.29, 0.717) is 0 Å². The van der Waals surface area contributed by atoms with Crippen LogP contribution in [0.4, 0.5) is 0 Å². The average molecular weight is 251 g/mol. The Bertz CT molecular complexity index is 427. The van der Waals surface area contributed by atoms with Gasteiger partial charge in [-0.2, -0.15) is 0 Å². The maximum atomic E-state index is 12.0. The monoisotopic (exact) mass is 251 g/mol. The lowest BCUT2D eigenvalue weighted by Gasteiger charge is -2.20. The van der Waals surface area contributed by atoms with Gasteiger partial charge in [-0.25, -0.2) is 4.98 Å². The number of aromatic nitrogens is 1. The van der Waals surface area contributed by atoms with Crippen molar-refractivity contribution in [1.82, 2.24) is 15.2 Å². The Labute approximate surface area is 105 Å². The van der Waals surface area contributed by atoms with Crippen LogP contribution in [0.2, 0.25) is 0 Å². The molecule has 0 radical (unpaired) electrons. The molecule has 1 unspecified atom stereocenters. The van der Waals surface area contributed by atoms with Crippen molar-refractivity contribution in [3.8, 4) is 0 Å². The summed E-state index contributed by atoms with van der Waals surface area (Å²) in [5.74, 6) is 0.140. The minimum atomic E-state index is -0.137. The molecule has 5 heteroatoms. The molecule has 0 fully saturated rings. The highest BCUT2D eigenvalue weighted by Crippen LogP contribution is 2.13. The first-order chi connectivity index (χ1) is 8.18. The van der Waals surface area contributed by atoms with Crippen molar-refractivity contribution < 1.29 is 4.79 Å². The summed E-state index contributed by atoms with van der Waals surface area (Å²) in [5.41, 5.74) is 2.93. The second kappa shape index (κ2) is 5.42. The van der Waals surface area contributed by atoms with Crippen LogP contribution in [0.5, 0.6) is 0 Å². The van der Waals surface area contributed by atoms with E-state index >= 15 is 0 Å². The Morgan fingerprint density at radius 1 is 1.71 bits per heavy atom. The molecule has 0 bridgehead atoms. The van der Waals surface area contributed by atoms with Gasteiger partial charge in [0.05, 0.1) is 11.2 Å². The molecular weight excluding hydrogens is 234 g/mol. The first-order valence-corrected chi connectivity index (χ1v) is 6.60. The van der Waals surface area contributed by atoms with E-state index in [2.05, 4.69) is 10.3 Å². The van der Waals surface area contributed by atoms with Gasteiger partial charge in [-0.3, -0.25) is 10.1 Å². The van der Waals surface area contributed by atoms with Gasteiger partial charge < -0.3 is 4.90 Å². The van der Waals surface area contributed by atoms with Crippen LogP contribution >= 0.6 is 11.3 Å². The number of nitrogens with zero attached hydrogens (tertiary/aromatic N) is 2. The predicted molar refractivity (Wildman–Crippen MR) is 69.1 cm³/mol. The fourth-order valence-electron chi connectivity index (χ4n) is 1.82. The second-order valence-electron chi connectivity index (χ2n) is 4.18. The standard InChI is InChI=1S/C12H17N3OS/c1-9-11(17-8-14-9)5-7-15(2)12(16)10-4-3-6-13-10/h3-4,8,10,13H,5-7H2,1-2H3. The number of carbonyl (C=O) groups excluding carboxylic acids is 1. The Morgan fingerprint density at radius 3 is 3.12 bits per heavy atom. The van der Waals surface area contributed by atoms with Crippen molar-refractivity contribution in [1.29, 1.82) is 0 Å². The highest BCUT2D eigenvalue weighted by Gasteiger charge is 2.21. The molecule has 0 spiro atoms. The number of hydrogen-bond acceptors (Lipinski definition) is 4. The molecule has 2 rings (SSSR count). The minimum absolute atomic E-state index is 0.137. The van der Waals surface area contributed by atoms with E-state index in [1.807, 2.05) is 31.6 Å². The first kappa shape index (κ1) is 12.3. The summed E-state index contributed by atoms with van der Waals surface area (Å²) < 4.78 is 0. The Morgan fingerprint density at radius 2 is 2.53 bits per heavy atom. The number of aryl methyl sites for hydroxylation is 1. The van der Waals surface area contributed by atoms with Gasteiger partial charge in [-0.15, -0.1) is 11.3 Å². The zero-order valence-electron chi connectivity index (χ0n) is 10.1. The summed E-state index contributed by atoms with van der Waals surface area (Å²) in [6.07, 6.45) is 4.80. The normalized spacial score (nSPS) is 18.6. The van der Waals surface area contributed by atoms with Crippen LogP contribution in [0.15, 0.2) is 17.7 Å². The number of amides is 1. The minimum Gasteiger partial charge on any atom is -0.344 e. The number of nitrogens with one attached hydrogen (secondary N) is 1. The van der Waals surface area contributed by atoms with Gasteiger partial charge >= 0.3 is 0 Å². The Balaban J connectivity index is 1.84. The molecule has 0 saturated heterocycles. The summed E-state index contributed by atoms with van der Waals surface area (Å²) >= 11 is 1.66. The van der Waals surface area contributed by atoms with E-state index in [1.165, 1.54) is 4.88 Å². The molecule has 0 aliphatic carbocycles. The molecule has 4 nitrogen and oxygen atoms in total. The Kier molecular flexibility index (Phi) is 3.91. The van der Waals surface area contributed by atoms with Crippen molar-refractivity contribution in [3.05, 3.63) is 28.2 Å². The van der Waals surface area contributed by atoms with Gasteiger partial charge in [-0.1, -0.05) is 12.2 Å². The molecule has 2 heterocycles. The number of carbonyl (C=O) groups is 1. The molecule has 1 aliphatic rings. The van der Waals surface area contributed by atoms with Crippen LogP contribution in [-0.4, -0.2) is 42.0 Å². The third-order valence-electron chi connectivity index (χ3n) is 2.95. The maximum absolute atomic E-state index is 12.0. The maximum Gasteiger partial charge on any atom is 0.243 e. The summed E-state index contributed by atoms with van der Waals surface area (Å²) in [6, 6.07) is -0.137. The third kappa shape index (κ3) is 2.92. The molecule has 1 aromatic rings. The van der Waals surface area contributed by atoms with Crippen molar-refractivity contribution >= 4 is 17.2 Å². The molecule has 1 amide bonds. The smallest absolute Gasteiger partial charge is 0.243 e. The van der Waals surface area contributed by atoms with Crippen molar-refractivity contribution in [3.63, 3.8) is 0 Å². The third-order valence-corrected chi connectivity index (χ3v) is 3.94. The van der Waals surface area contributed by atoms with Crippen LogP contribution in [0.3, 0.4) is 0 Å². The van der Waals surface area contributed by atoms with E-state index in [-0.39, 0.29) is 11.9 Å². The van der Waals surface area contributed by atoms with Crippen LogP contribution < -0.4 is 5.32 Å². The van der Waals surface area contributed by atoms with E-state index in [4.69, 9.17) is 0 Å². The van der Waals surface area contributed by atoms with E-state index in [9.17, 15) is 4.79 Å². The van der Waals surface area contributed by atoms with Crippen LogP contribution in [0, 0.1) is 6.92 Å². The summed E-state index contributed by atoms with van der Waals surface area (Å²) in [5, 5.41) is 3.13. The molecule has 92 valence electrons. The number of hydrogen-bond donors (Lipinski definition) is 1. The summed E-state index contributed by atoms with van der Waals surface area (Å²) in [7, 11) is 1.85. The van der Waals surface area contributed by atoms with Gasteiger partial charge in [0.2, 0.25) is 5.91 Å². The van der Waals surface area contributed by atoms with E-state index in [0.717, 1.165) is 25.2 Å². The number of thiazole rings is 1. The predicted octanol–water partition coefficient (Wildman–Crippen LogP) is 0.980. The Hall–Kier alpha value is -1.20. The number of likely N-dealkylation sites (N-methyl/N-ethyl adjacent to an activating group) is 1. The van der Waals surface area contributed by atoms with E-state index in [1.54, 1.807) is 16.2 Å². The van der Waals surface area contributed by atoms with Crippen LogP contribution in [-0.2, 0) is 11.2 Å². The fourth-order valence-corrected chi connectivity index (χ4v) is 2.59. The average Bonchev–Trinajstić information content (AvgIpc) is 2.96. The number of rotatable bonds is 4.